The molecule has 7 heteroatoms. The van der Waals surface area contributed by atoms with Crippen molar-refractivity contribution in [2.75, 3.05) is 30.0 Å². The maximum Gasteiger partial charge on any atom is 0.272 e. The zero-order chi connectivity index (χ0) is 19.4. The van der Waals surface area contributed by atoms with Crippen molar-refractivity contribution in [3.05, 3.63) is 59.9 Å². The summed E-state index contributed by atoms with van der Waals surface area (Å²) in [5.74, 6) is -0.0142. The predicted molar refractivity (Wildman–Crippen MR) is 107 cm³/mol. The molecular weight excluding hydrogens is 362 g/mol. The van der Waals surface area contributed by atoms with Gasteiger partial charge in [0, 0.05) is 26.2 Å². The first-order valence-corrected chi connectivity index (χ1v) is 10.9. The van der Waals surface area contributed by atoms with E-state index in [0.717, 1.165) is 12.2 Å². The van der Waals surface area contributed by atoms with Crippen LogP contribution in [0.25, 0.3) is 0 Å². The Labute approximate surface area is 160 Å². The van der Waals surface area contributed by atoms with Crippen LogP contribution >= 0.6 is 0 Å². The van der Waals surface area contributed by atoms with Crippen LogP contribution in [0.15, 0.2) is 48.7 Å². The van der Waals surface area contributed by atoms with E-state index in [9.17, 15) is 13.2 Å². The summed E-state index contributed by atoms with van der Waals surface area (Å²) in [6.07, 6.45) is 2.19. The van der Waals surface area contributed by atoms with Gasteiger partial charge in [0.05, 0.1) is 23.4 Å². The molecule has 27 heavy (non-hydrogen) atoms. The molecule has 0 radical (unpaired) electrons. The second-order valence-corrected chi connectivity index (χ2v) is 9.12. The number of rotatable bonds is 6. The third-order valence-electron chi connectivity index (χ3n) is 4.92. The topological polar surface area (TPSA) is 70.6 Å². The van der Waals surface area contributed by atoms with Gasteiger partial charge in [-0.2, -0.15) is 0 Å². The fourth-order valence-electron chi connectivity index (χ4n) is 3.42. The van der Waals surface area contributed by atoms with Gasteiger partial charge in [-0.15, -0.1) is 0 Å². The van der Waals surface area contributed by atoms with Gasteiger partial charge in [-0.1, -0.05) is 30.3 Å². The highest BCUT2D eigenvalue weighted by atomic mass is 32.2. The SMILES string of the molecule is CCN(C(=O)c1ccc(N(C)Cc2ccccc2)cn1)C1CCS(=O)(=O)C1. The van der Waals surface area contributed by atoms with E-state index in [1.807, 2.05) is 38.2 Å². The van der Waals surface area contributed by atoms with E-state index in [0.29, 0.717) is 18.7 Å². The van der Waals surface area contributed by atoms with Gasteiger partial charge >= 0.3 is 0 Å². The van der Waals surface area contributed by atoms with Gasteiger partial charge in [0.15, 0.2) is 9.84 Å². The van der Waals surface area contributed by atoms with Crippen LogP contribution in [0.2, 0.25) is 0 Å². The minimum Gasteiger partial charge on any atom is -0.369 e. The Morgan fingerprint density at radius 1 is 1.19 bits per heavy atom. The molecule has 144 valence electrons. The van der Waals surface area contributed by atoms with Crippen molar-refractivity contribution >= 4 is 21.4 Å². The highest BCUT2D eigenvalue weighted by Crippen LogP contribution is 2.20. The second kappa shape index (κ2) is 8.08. The Kier molecular flexibility index (Phi) is 5.79. The minimum absolute atomic E-state index is 0.0461. The molecule has 3 rings (SSSR count). The van der Waals surface area contributed by atoms with E-state index >= 15 is 0 Å². The second-order valence-electron chi connectivity index (χ2n) is 6.89. The molecule has 1 aliphatic rings. The fraction of sp³-hybridized carbons (Fsp3) is 0.400. The highest BCUT2D eigenvalue weighted by Gasteiger charge is 2.34. The number of sulfone groups is 1. The summed E-state index contributed by atoms with van der Waals surface area (Å²) < 4.78 is 23.5. The zero-order valence-corrected chi connectivity index (χ0v) is 16.5. The first kappa shape index (κ1) is 19.4. The maximum absolute atomic E-state index is 12.8. The van der Waals surface area contributed by atoms with E-state index in [4.69, 9.17) is 0 Å². The molecule has 0 N–H and O–H groups in total. The van der Waals surface area contributed by atoms with Crippen LogP contribution < -0.4 is 4.90 Å². The van der Waals surface area contributed by atoms with Crippen LogP contribution in [-0.4, -0.2) is 55.3 Å². The van der Waals surface area contributed by atoms with Gasteiger partial charge < -0.3 is 9.80 Å². The van der Waals surface area contributed by atoms with E-state index in [1.54, 1.807) is 17.2 Å². The third-order valence-corrected chi connectivity index (χ3v) is 6.67. The zero-order valence-electron chi connectivity index (χ0n) is 15.7. The van der Waals surface area contributed by atoms with Crippen molar-refractivity contribution in [1.29, 1.82) is 0 Å². The van der Waals surface area contributed by atoms with Gasteiger partial charge in [-0.05, 0) is 31.0 Å². The summed E-state index contributed by atoms with van der Waals surface area (Å²) in [5, 5.41) is 0. The Morgan fingerprint density at radius 3 is 2.48 bits per heavy atom. The van der Waals surface area contributed by atoms with Crippen molar-refractivity contribution in [2.45, 2.75) is 25.9 Å². The average molecular weight is 388 g/mol. The Hall–Kier alpha value is -2.41. The number of anilines is 1. The minimum atomic E-state index is -3.03. The maximum atomic E-state index is 12.8. The number of aromatic nitrogens is 1. The number of benzene rings is 1. The first-order valence-electron chi connectivity index (χ1n) is 9.12. The smallest absolute Gasteiger partial charge is 0.272 e. The largest absolute Gasteiger partial charge is 0.369 e. The predicted octanol–water partition coefficient (Wildman–Crippen LogP) is 2.37. The molecule has 1 amide bonds. The monoisotopic (exact) mass is 387 g/mol. The van der Waals surface area contributed by atoms with Crippen molar-refractivity contribution in [2.24, 2.45) is 0 Å². The molecule has 1 aromatic heterocycles. The molecule has 1 aromatic carbocycles. The van der Waals surface area contributed by atoms with Crippen molar-refractivity contribution < 1.29 is 13.2 Å². The molecule has 1 fully saturated rings. The van der Waals surface area contributed by atoms with Crippen LogP contribution in [0.1, 0.15) is 29.4 Å². The summed E-state index contributed by atoms with van der Waals surface area (Å²) in [6, 6.07) is 13.5. The molecule has 1 aliphatic heterocycles. The van der Waals surface area contributed by atoms with Crippen molar-refractivity contribution in [3.8, 4) is 0 Å². The molecule has 1 unspecified atom stereocenters. The molecule has 0 aliphatic carbocycles. The number of nitrogens with zero attached hydrogens (tertiary/aromatic N) is 3. The van der Waals surface area contributed by atoms with E-state index in [1.165, 1.54) is 5.56 Å². The van der Waals surface area contributed by atoms with Crippen LogP contribution in [0, 0.1) is 0 Å². The molecular formula is C20H25N3O3S. The van der Waals surface area contributed by atoms with Gasteiger partial charge in [0.25, 0.3) is 5.91 Å². The summed E-state index contributed by atoms with van der Waals surface area (Å²) in [7, 11) is -1.06. The molecule has 2 aromatic rings. The van der Waals surface area contributed by atoms with Crippen LogP contribution in [0.3, 0.4) is 0 Å². The lowest BCUT2D eigenvalue weighted by Crippen LogP contribution is -2.41. The van der Waals surface area contributed by atoms with Gasteiger partial charge in [-0.3, -0.25) is 4.79 Å². The van der Waals surface area contributed by atoms with E-state index in [2.05, 4.69) is 22.0 Å². The van der Waals surface area contributed by atoms with Gasteiger partial charge in [0.1, 0.15) is 5.69 Å². The number of carbonyl (C=O) groups is 1. The van der Waals surface area contributed by atoms with E-state index < -0.39 is 9.84 Å². The molecule has 6 nitrogen and oxygen atoms in total. The van der Waals surface area contributed by atoms with Crippen LogP contribution in [0.5, 0.6) is 0 Å². The number of carbonyl (C=O) groups excluding carboxylic acids is 1. The number of amides is 1. The normalized spacial score (nSPS) is 18.2. The van der Waals surface area contributed by atoms with Crippen LogP contribution in [0.4, 0.5) is 5.69 Å². The lowest BCUT2D eigenvalue weighted by molar-refractivity contribution is 0.0702. The Balaban J connectivity index is 1.69. The lowest BCUT2D eigenvalue weighted by Gasteiger charge is -2.26. The highest BCUT2D eigenvalue weighted by molar-refractivity contribution is 7.91. The number of pyridine rings is 1. The average Bonchev–Trinajstić information content (AvgIpc) is 3.02. The number of hydrogen-bond acceptors (Lipinski definition) is 5. The third kappa shape index (κ3) is 4.66. The standard InChI is InChI=1S/C20H25N3O3S/c1-3-23(18-11-12-27(25,26)15-18)20(24)19-10-9-17(13-21-19)22(2)14-16-7-5-4-6-8-16/h4-10,13,18H,3,11-12,14-15H2,1-2H3. The number of hydrogen-bond donors (Lipinski definition) is 0. The summed E-state index contributed by atoms with van der Waals surface area (Å²) in [4.78, 5) is 20.8. The fourth-order valence-corrected chi connectivity index (χ4v) is 5.15. The van der Waals surface area contributed by atoms with Crippen LogP contribution in [-0.2, 0) is 16.4 Å². The summed E-state index contributed by atoms with van der Waals surface area (Å²) in [5.41, 5.74) is 2.46. The molecule has 1 atom stereocenters. The first-order chi connectivity index (χ1) is 12.9. The molecule has 0 saturated carbocycles. The molecule has 2 heterocycles. The lowest BCUT2D eigenvalue weighted by atomic mass is 10.2. The van der Waals surface area contributed by atoms with Gasteiger partial charge in [0.2, 0.25) is 0 Å². The summed E-state index contributed by atoms with van der Waals surface area (Å²) >= 11 is 0. The Morgan fingerprint density at radius 2 is 1.93 bits per heavy atom. The van der Waals surface area contributed by atoms with Crippen molar-refractivity contribution in [3.63, 3.8) is 0 Å². The van der Waals surface area contributed by atoms with Crippen molar-refractivity contribution in [1.82, 2.24) is 9.88 Å². The molecule has 1 saturated heterocycles. The van der Waals surface area contributed by atoms with Gasteiger partial charge in [-0.25, -0.2) is 13.4 Å². The molecule has 0 spiro atoms. The van der Waals surface area contributed by atoms with E-state index in [-0.39, 0.29) is 23.5 Å². The quantitative estimate of drug-likeness (QED) is 0.761. The Bertz CT molecular complexity index is 882. The summed E-state index contributed by atoms with van der Waals surface area (Å²) in [6.45, 7) is 3.08. The molecule has 0 bridgehead atoms.